The first-order valence-corrected chi connectivity index (χ1v) is 12.3. The molecule has 2 aromatic heterocycles. The van der Waals surface area contributed by atoms with Crippen molar-refractivity contribution in [2.24, 2.45) is 5.41 Å². The maximum Gasteiger partial charge on any atom is 0.310 e. The van der Waals surface area contributed by atoms with Gasteiger partial charge in [-0.1, -0.05) is 23.7 Å². The van der Waals surface area contributed by atoms with E-state index in [-0.39, 0.29) is 47.9 Å². The summed E-state index contributed by atoms with van der Waals surface area (Å²) in [6.45, 7) is 5.67. The third-order valence-corrected chi connectivity index (χ3v) is 7.24. The van der Waals surface area contributed by atoms with Crippen LogP contribution >= 0.6 is 11.6 Å². The van der Waals surface area contributed by atoms with E-state index in [1.54, 1.807) is 25.1 Å². The van der Waals surface area contributed by atoms with Crippen molar-refractivity contribution < 1.29 is 23.5 Å². The third-order valence-electron chi connectivity index (χ3n) is 6.95. The number of Topliss-reactive ketones (excluding diaryl/α,β-unsaturated/α-hetero) is 1. The number of pyridine rings is 1. The number of carbonyl (C=O) groups excluding carboxylic acids is 1. The van der Waals surface area contributed by atoms with E-state index in [9.17, 15) is 19.1 Å². The summed E-state index contributed by atoms with van der Waals surface area (Å²) in [5.41, 5.74) is 0.0231. The van der Waals surface area contributed by atoms with Gasteiger partial charge in [0, 0.05) is 35.9 Å². The van der Waals surface area contributed by atoms with E-state index >= 15 is 4.39 Å². The highest BCUT2D eigenvalue weighted by molar-refractivity contribution is 6.30. The van der Waals surface area contributed by atoms with E-state index in [1.165, 1.54) is 13.0 Å². The maximum atomic E-state index is 15.6. The van der Waals surface area contributed by atoms with Crippen LogP contribution in [0.4, 0.5) is 20.4 Å². The molecule has 0 atom stereocenters. The highest BCUT2D eigenvalue weighted by Gasteiger charge is 2.43. The van der Waals surface area contributed by atoms with Crippen LogP contribution in [0.2, 0.25) is 5.02 Å². The average molecular weight is 532 g/mol. The minimum absolute atomic E-state index is 0.0333. The predicted octanol–water partition coefficient (Wildman–Crippen LogP) is 5.21. The number of nitrogens with zero attached hydrogens (tertiary/aromatic N) is 3. The second-order valence-corrected chi connectivity index (χ2v) is 10.00. The number of hydrogen-bond donors (Lipinski definition) is 3. The standard InChI is InChI=1S/C26H28ClF2N5O3/c1-14-11-20(33-32-14)31-24-15(2)21(16(3)35)23(29)19(30-24)12-26(25(36)37)7-9-34(10-8-26)13-17-5-4-6-18(27)22(17)28/h4-6,11H,7-10,12-13H2,1-3H3,(H,36,37)(H2,30,31,32,33). The molecule has 0 saturated carbocycles. The van der Waals surface area contributed by atoms with Crippen molar-refractivity contribution in [3.05, 3.63) is 69.0 Å². The topological polar surface area (TPSA) is 111 Å². The Morgan fingerprint density at radius 3 is 2.51 bits per heavy atom. The Hall–Kier alpha value is -3.37. The quantitative estimate of drug-likeness (QED) is 0.342. The molecule has 3 aromatic rings. The molecule has 1 fully saturated rings. The van der Waals surface area contributed by atoms with Gasteiger partial charge in [0.2, 0.25) is 0 Å². The summed E-state index contributed by atoms with van der Waals surface area (Å²) in [5, 5.41) is 20.1. The highest BCUT2D eigenvalue weighted by Crippen LogP contribution is 2.38. The molecule has 37 heavy (non-hydrogen) atoms. The van der Waals surface area contributed by atoms with Crippen molar-refractivity contribution in [1.82, 2.24) is 20.1 Å². The number of carboxylic acids is 1. The number of nitrogens with one attached hydrogen (secondary N) is 2. The van der Waals surface area contributed by atoms with Crippen molar-refractivity contribution in [3.8, 4) is 0 Å². The zero-order valence-electron chi connectivity index (χ0n) is 20.8. The molecular formula is C26H28ClF2N5O3. The molecule has 196 valence electrons. The molecule has 1 aromatic carbocycles. The summed E-state index contributed by atoms with van der Waals surface area (Å²) in [6, 6.07) is 6.51. The number of aryl methyl sites for hydroxylation is 1. The van der Waals surface area contributed by atoms with Crippen LogP contribution in [-0.4, -0.2) is 50.0 Å². The normalized spacial score (nSPS) is 15.5. The number of aliphatic carboxylic acids is 1. The molecule has 0 radical (unpaired) electrons. The van der Waals surface area contributed by atoms with Crippen LogP contribution in [0, 0.1) is 30.9 Å². The number of aromatic amines is 1. The number of ketones is 1. The number of piperidine rings is 1. The SMILES string of the molecule is CC(=O)c1c(C)c(Nc2cc(C)[nH]n2)nc(CC2(C(=O)O)CCN(Cc3cccc(Cl)c3F)CC2)c1F. The fourth-order valence-corrected chi connectivity index (χ4v) is 4.99. The predicted molar refractivity (Wildman–Crippen MR) is 135 cm³/mol. The van der Waals surface area contributed by atoms with Crippen LogP contribution in [-0.2, 0) is 17.8 Å². The van der Waals surface area contributed by atoms with Gasteiger partial charge < -0.3 is 10.4 Å². The van der Waals surface area contributed by atoms with Crippen LogP contribution in [0.5, 0.6) is 0 Å². The number of H-pyrrole nitrogens is 1. The van der Waals surface area contributed by atoms with Gasteiger partial charge in [-0.15, -0.1) is 0 Å². The van der Waals surface area contributed by atoms with Crippen LogP contribution < -0.4 is 5.32 Å². The average Bonchev–Trinajstić information content (AvgIpc) is 3.25. The summed E-state index contributed by atoms with van der Waals surface area (Å²) in [7, 11) is 0. The van der Waals surface area contributed by atoms with Gasteiger partial charge in [-0.3, -0.25) is 19.6 Å². The van der Waals surface area contributed by atoms with E-state index in [0.29, 0.717) is 30.0 Å². The van der Waals surface area contributed by atoms with Crippen molar-refractivity contribution in [2.75, 3.05) is 18.4 Å². The number of carbonyl (C=O) groups is 2. The van der Waals surface area contributed by atoms with Gasteiger partial charge in [0.25, 0.3) is 0 Å². The largest absolute Gasteiger partial charge is 0.481 e. The minimum Gasteiger partial charge on any atom is -0.481 e. The number of rotatable bonds is 8. The molecule has 8 nitrogen and oxygen atoms in total. The van der Waals surface area contributed by atoms with E-state index in [2.05, 4.69) is 20.5 Å². The molecule has 1 aliphatic heterocycles. The highest BCUT2D eigenvalue weighted by atomic mass is 35.5. The fraction of sp³-hybridized carbons (Fsp3) is 0.385. The molecule has 0 spiro atoms. The maximum absolute atomic E-state index is 15.6. The first-order chi connectivity index (χ1) is 17.5. The summed E-state index contributed by atoms with van der Waals surface area (Å²) >= 11 is 5.89. The second-order valence-electron chi connectivity index (χ2n) is 9.59. The minimum atomic E-state index is -1.29. The fourth-order valence-electron chi connectivity index (χ4n) is 4.79. The van der Waals surface area contributed by atoms with Crippen LogP contribution in [0.15, 0.2) is 24.3 Å². The number of halogens is 3. The molecule has 0 aliphatic carbocycles. The Morgan fingerprint density at radius 1 is 1.22 bits per heavy atom. The van der Waals surface area contributed by atoms with E-state index in [1.807, 2.05) is 11.8 Å². The van der Waals surface area contributed by atoms with Crippen LogP contribution in [0.3, 0.4) is 0 Å². The number of likely N-dealkylation sites (tertiary alicyclic amines) is 1. The van der Waals surface area contributed by atoms with Gasteiger partial charge in [-0.25, -0.2) is 13.8 Å². The molecule has 1 aliphatic rings. The van der Waals surface area contributed by atoms with Crippen molar-refractivity contribution in [1.29, 1.82) is 0 Å². The summed E-state index contributed by atoms with van der Waals surface area (Å²) in [5.74, 6) is -2.17. The smallest absolute Gasteiger partial charge is 0.310 e. The lowest BCUT2D eigenvalue weighted by Gasteiger charge is -2.39. The van der Waals surface area contributed by atoms with E-state index in [4.69, 9.17) is 11.6 Å². The zero-order chi connectivity index (χ0) is 26.9. The lowest BCUT2D eigenvalue weighted by molar-refractivity contribution is -0.152. The zero-order valence-corrected chi connectivity index (χ0v) is 21.5. The lowest BCUT2D eigenvalue weighted by atomic mass is 9.74. The molecular weight excluding hydrogens is 504 g/mol. The second kappa shape index (κ2) is 10.5. The lowest BCUT2D eigenvalue weighted by Crippen LogP contribution is -2.45. The summed E-state index contributed by atoms with van der Waals surface area (Å²) in [4.78, 5) is 31.2. The van der Waals surface area contributed by atoms with Gasteiger partial charge >= 0.3 is 5.97 Å². The van der Waals surface area contributed by atoms with Gasteiger partial charge in [0.15, 0.2) is 17.4 Å². The molecule has 1 saturated heterocycles. The number of carboxylic acid groups (broad SMARTS) is 1. The van der Waals surface area contributed by atoms with Gasteiger partial charge in [-0.2, -0.15) is 5.10 Å². The molecule has 0 bridgehead atoms. The first-order valence-electron chi connectivity index (χ1n) is 11.9. The molecule has 4 rings (SSSR count). The Morgan fingerprint density at radius 2 is 1.92 bits per heavy atom. The Labute approximate surface area is 218 Å². The number of benzene rings is 1. The van der Waals surface area contributed by atoms with E-state index in [0.717, 1.165) is 5.69 Å². The van der Waals surface area contributed by atoms with Crippen LogP contribution in [0.1, 0.15) is 52.6 Å². The summed E-state index contributed by atoms with van der Waals surface area (Å²) < 4.78 is 29.9. The van der Waals surface area contributed by atoms with Crippen LogP contribution in [0.25, 0.3) is 0 Å². The van der Waals surface area contributed by atoms with Gasteiger partial charge in [-0.05, 0) is 52.8 Å². The Bertz CT molecular complexity index is 1350. The van der Waals surface area contributed by atoms with Gasteiger partial charge in [0.05, 0.1) is 21.7 Å². The first kappa shape index (κ1) is 26.7. The number of anilines is 2. The number of aromatic nitrogens is 3. The van der Waals surface area contributed by atoms with Crippen molar-refractivity contribution in [3.63, 3.8) is 0 Å². The molecule has 0 unspecified atom stereocenters. The third kappa shape index (κ3) is 5.50. The molecule has 3 N–H and O–H groups in total. The molecule has 3 heterocycles. The van der Waals surface area contributed by atoms with Crippen molar-refractivity contribution >= 4 is 35.0 Å². The monoisotopic (exact) mass is 531 g/mol. The van der Waals surface area contributed by atoms with Crippen molar-refractivity contribution in [2.45, 2.75) is 46.6 Å². The Balaban J connectivity index is 1.60. The Kier molecular flexibility index (Phi) is 7.61. The van der Waals surface area contributed by atoms with E-state index < -0.39 is 28.8 Å². The summed E-state index contributed by atoms with van der Waals surface area (Å²) in [6.07, 6.45) is 0.217. The molecule has 0 amide bonds. The van der Waals surface area contributed by atoms with Gasteiger partial charge in [0.1, 0.15) is 11.6 Å². The number of hydrogen-bond acceptors (Lipinski definition) is 6. The molecule has 11 heteroatoms.